The maximum Gasteiger partial charge on any atom is 0.254 e. The molecule has 3 heterocycles. The fraction of sp³-hybridized carbons (Fsp3) is 0.391. The zero-order chi connectivity index (χ0) is 20.5. The molecule has 1 amide bonds. The third kappa shape index (κ3) is 3.65. The fourth-order valence-corrected chi connectivity index (χ4v) is 4.25. The minimum Gasteiger partial charge on any atom is -0.336 e. The van der Waals surface area contributed by atoms with Crippen LogP contribution in [0.4, 0.5) is 4.39 Å². The molecule has 0 unspecified atom stereocenters. The van der Waals surface area contributed by atoms with Gasteiger partial charge in [0.25, 0.3) is 5.91 Å². The minimum atomic E-state index is -0.407. The molecule has 1 fully saturated rings. The van der Waals surface area contributed by atoms with Crippen molar-refractivity contribution in [1.82, 2.24) is 19.6 Å². The van der Waals surface area contributed by atoms with Crippen molar-refractivity contribution < 1.29 is 9.18 Å². The molecule has 1 N–H and O–H groups in total. The molecule has 1 atom stereocenters. The Morgan fingerprint density at radius 2 is 2.17 bits per heavy atom. The molecule has 29 heavy (non-hydrogen) atoms. The van der Waals surface area contributed by atoms with Gasteiger partial charge in [0.1, 0.15) is 5.82 Å². The number of imidazole rings is 1. The maximum absolute atomic E-state index is 14.2. The molecule has 1 saturated heterocycles. The molecular weight excluding hydrogens is 367 g/mol. The number of pyridine rings is 1. The number of rotatable bonds is 5. The number of carbonyl (C=O) groups is 1. The number of hydrogen-bond donors (Lipinski definition) is 1. The highest BCUT2D eigenvalue weighted by atomic mass is 19.1. The average molecular weight is 394 g/mol. The zero-order valence-corrected chi connectivity index (χ0v) is 17.2. The van der Waals surface area contributed by atoms with Gasteiger partial charge in [-0.1, -0.05) is 0 Å². The van der Waals surface area contributed by atoms with E-state index in [4.69, 9.17) is 0 Å². The van der Waals surface area contributed by atoms with Crippen LogP contribution in [0.1, 0.15) is 49.0 Å². The molecule has 4 rings (SSSR count). The SMILES string of the molecule is CCN(C(=O)c1cc(F)ccc1-c1cc([C@H]2CCNC2)cc2cncn12)C(C)C. The van der Waals surface area contributed by atoms with Gasteiger partial charge < -0.3 is 10.2 Å². The van der Waals surface area contributed by atoms with Crippen molar-refractivity contribution in [1.29, 1.82) is 0 Å². The second-order valence-corrected chi connectivity index (χ2v) is 7.93. The van der Waals surface area contributed by atoms with Gasteiger partial charge in [0.05, 0.1) is 29.3 Å². The van der Waals surface area contributed by atoms with Crippen LogP contribution < -0.4 is 5.32 Å². The van der Waals surface area contributed by atoms with Crippen molar-refractivity contribution in [2.75, 3.05) is 19.6 Å². The number of fused-ring (bicyclic) bond motifs is 1. The third-order valence-corrected chi connectivity index (χ3v) is 5.79. The van der Waals surface area contributed by atoms with E-state index < -0.39 is 5.82 Å². The first-order chi connectivity index (χ1) is 14.0. The summed E-state index contributed by atoms with van der Waals surface area (Å²) < 4.78 is 16.1. The average Bonchev–Trinajstić information content (AvgIpc) is 3.39. The van der Waals surface area contributed by atoms with Crippen molar-refractivity contribution in [3.8, 4) is 11.3 Å². The van der Waals surface area contributed by atoms with E-state index in [2.05, 4.69) is 22.4 Å². The topological polar surface area (TPSA) is 49.6 Å². The summed E-state index contributed by atoms with van der Waals surface area (Å²) in [5.41, 5.74) is 4.17. The van der Waals surface area contributed by atoms with E-state index in [1.807, 2.05) is 31.4 Å². The summed E-state index contributed by atoms with van der Waals surface area (Å²) in [7, 11) is 0. The first-order valence-corrected chi connectivity index (χ1v) is 10.3. The van der Waals surface area contributed by atoms with E-state index in [1.165, 1.54) is 17.7 Å². The molecular formula is C23H27FN4O. The molecule has 1 aromatic carbocycles. The first kappa shape index (κ1) is 19.6. The number of aromatic nitrogens is 2. The minimum absolute atomic E-state index is 0.0350. The Bertz CT molecular complexity index is 1040. The highest BCUT2D eigenvalue weighted by molar-refractivity contribution is 6.01. The lowest BCUT2D eigenvalue weighted by atomic mass is 9.95. The first-order valence-electron chi connectivity index (χ1n) is 10.3. The van der Waals surface area contributed by atoms with Crippen molar-refractivity contribution in [2.24, 2.45) is 0 Å². The van der Waals surface area contributed by atoms with Gasteiger partial charge >= 0.3 is 0 Å². The van der Waals surface area contributed by atoms with Crippen molar-refractivity contribution in [2.45, 2.75) is 39.2 Å². The van der Waals surface area contributed by atoms with E-state index in [1.54, 1.807) is 17.3 Å². The summed E-state index contributed by atoms with van der Waals surface area (Å²) in [6.07, 6.45) is 4.65. The Kier molecular flexibility index (Phi) is 5.37. The van der Waals surface area contributed by atoms with E-state index >= 15 is 0 Å². The van der Waals surface area contributed by atoms with Crippen molar-refractivity contribution in [3.63, 3.8) is 0 Å². The monoisotopic (exact) mass is 394 g/mol. The van der Waals surface area contributed by atoms with Gasteiger partial charge in [-0.3, -0.25) is 9.20 Å². The van der Waals surface area contributed by atoms with Crippen LogP contribution >= 0.6 is 0 Å². The molecule has 6 heteroatoms. The number of halogens is 1. The number of benzene rings is 1. The lowest BCUT2D eigenvalue weighted by Crippen LogP contribution is -2.37. The van der Waals surface area contributed by atoms with Crippen LogP contribution in [-0.4, -0.2) is 45.9 Å². The smallest absolute Gasteiger partial charge is 0.254 e. The van der Waals surface area contributed by atoms with Crippen molar-refractivity contribution in [3.05, 3.63) is 59.8 Å². The molecule has 3 aromatic rings. The Morgan fingerprint density at radius 1 is 1.34 bits per heavy atom. The van der Waals surface area contributed by atoms with Crippen LogP contribution in [0.5, 0.6) is 0 Å². The van der Waals surface area contributed by atoms with Gasteiger partial charge in [0, 0.05) is 24.7 Å². The third-order valence-electron chi connectivity index (χ3n) is 5.79. The number of nitrogens with zero attached hydrogens (tertiary/aromatic N) is 3. The normalized spacial score (nSPS) is 16.7. The van der Waals surface area contributed by atoms with Crippen LogP contribution in [0.2, 0.25) is 0 Å². The van der Waals surface area contributed by atoms with Gasteiger partial charge in [0.2, 0.25) is 0 Å². The quantitative estimate of drug-likeness (QED) is 0.709. The molecule has 0 saturated carbocycles. The molecule has 5 nitrogen and oxygen atoms in total. The molecule has 0 aliphatic carbocycles. The predicted octanol–water partition coefficient (Wildman–Crippen LogP) is 4.09. The van der Waals surface area contributed by atoms with Gasteiger partial charge in [-0.25, -0.2) is 9.37 Å². The van der Waals surface area contributed by atoms with Gasteiger partial charge in [-0.05, 0) is 75.5 Å². The van der Waals surface area contributed by atoms with E-state index in [0.29, 0.717) is 18.0 Å². The summed E-state index contributed by atoms with van der Waals surface area (Å²) in [5, 5.41) is 3.41. The van der Waals surface area contributed by atoms with Gasteiger partial charge in [-0.2, -0.15) is 0 Å². The highest BCUT2D eigenvalue weighted by Crippen LogP contribution is 2.32. The summed E-state index contributed by atoms with van der Waals surface area (Å²) in [4.78, 5) is 19.4. The van der Waals surface area contributed by atoms with Crippen LogP contribution in [0.25, 0.3) is 16.8 Å². The fourth-order valence-electron chi connectivity index (χ4n) is 4.25. The lowest BCUT2D eigenvalue weighted by Gasteiger charge is -2.26. The zero-order valence-electron chi connectivity index (χ0n) is 17.2. The predicted molar refractivity (Wildman–Crippen MR) is 113 cm³/mol. The Balaban J connectivity index is 1.90. The highest BCUT2D eigenvalue weighted by Gasteiger charge is 2.24. The number of amides is 1. The molecule has 2 aromatic heterocycles. The molecule has 0 bridgehead atoms. The van der Waals surface area contributed by atoms with Crippen LogP contribution in [-0.2, 0) is 0 Å². The van der Waals surface area contributed by atoms with Crippen molar-refractivity contribution >= 4 is 11.4 Å². The second-order valence-electron chi connectivity index (χ2n) is 7.93. The summed E-state index contributed by atoms with van der Waals surface area (Å²) >= 11 is 0. The van der Waals surface area contributed by atoms with Crippen LogP contribution in [0.3, 0.4) is 0 Å². The van der Waals surface area contributed by atoms with Gasteiger partial charge in [0.15, 0.2) is 0 Å². The molecule has 0 radical (unpaired) electrons. The van der Waals surface area contributed by atoms with Gasteiger partial charge in [-0.15, -0.1) is 0 Å². The maximum atomic E-state index is 14.2. The number of nitrogens with one attached hydrogen (secondary N) is 1. The Hall–Kier alpha value is -2.73. The van der Waals surface area contributed by atoms with Crippen LogP contribution in [0, 0.1) is 5.82 Å². The number of carbonyl (C=O) groups excluding carboxylic acids is 1. The standard InChI is InChI=1S/C23H27FN4O/c1-4-27(15(2)3)23(29)21-11-18(24)5-6-20(21)22-10-17(16-7-8-25-12-16)9-19-13-26-14-28(19)22/h5-6,9-11,13-16,25H,4,7-8,12H2,1-3H3/t16-/m0/s1. The van der Waals surface area contributed by atoms with Crippen LogP contribution in [0.15, 0.2) is 42.9 Å². The molecule has 1 aliphatic rings. The molecule has 1 aliphatic heterocycles. The lowest BCUT2D eigenvalue weighted by molar-refractivity contribution is 0.0717. The van der Waals surface area contributed by atoms with E-state index in [-0.39, 0.29) is 11.9 Å². The van der Waals surface area contributed by atoms with E-state index in [0.717, 1.165) is 36.3 Å². The van der Waals surface area contributed by atoms with E-state index in [9.17, 15) is 9.18 Å². The summed E-state index contributed by atoms with van der Waals surface area (Å²) in [6.45, 7) is 8.41. The molecule has 152 valence electrons. The largest absolute Gasteiger partial charge is 0.336 e. The second kappa shape index (κ2) is 7.95. The summed E-state index contributed by atoms with van der Waals surface area (Å²) in [5.74, 6) is -0.135. The molecule has 0 spiro atoms. The number of hydrogen-bond acceptors (Lipinski definition) is 3. The Labute approximate surface area is 170 Å². The summed E-state index contributed by atoms with van der Waals surface area (Å²) in [6, 6.07) is 8.81. The Morgan fingerprint density at radius 3 is 2.86 bits per heavy atom.